The highest BCUT2D eigenvalue weighted by Gasteiger charge is 2.49. The summed E-state index contributed by atoms with van der Waals surface area (Å²) in [6, 6.07) is 8.41. The predicted octanol–water partition coefficient (Wildman–Crippen LogP) is 3.38. The van der Waals surface area contributed by atoms with E-state index in [4.69, 9.17) is 4.74 Å². The molecule has 3 atom stereocenters. The summed E-state index contributed by atoms with van der Waals surface area (Å²) >= 11 is 0. The van der Waals surface area contributed by atoms with Crippen molar-refractivity contribution in [1.29, 1.82) is 0 Å². The quantitative estimate of drug-likeness (QED) is 0.590. The first-order valence-corrected chi connectivity index (χ1v) is 9.61. The summed E-state index contributed by atoms with van der Waals surface area (Å²) in [5.74, 6) is -0.986. The zero-order valence-corrected chi connectivity index (χ0v) is 14.5. The lowest BCUT2D eigenvalue weighted by Gasteiger charge is -2.23. The molecule has 2 rings (SSSR count). The summed E-state index contributed by atoms with van der Waals surface area (Å²) in [7, 11) is -3.55. The van der Waals surface area contributed by atoms with Crippen LogP contribution in [0.5, 0.6) is 0 Å². The van der Waals surface area contributed by atoms with Crippen LogP contribution < -0.4 is 0 Å². The highest BCUT2D eigenvalue weighted by atomic mass is 32.2. The van der Waals surface area contributed by atoms with Crippen molar-refractivity contribution in [2.24, 2.45) is 11.8 Å². The SMILES string of the molecule is C=C1C[C@@H](C(=O)OCC)[C@H](CCC)[C@H]1S(=O)(=O)c1ccccc1. The van der Waals surface area contributed by atoms with Gasteiger partial charge in [0, 0.05) is 0 Å². The Morgan fingerprint density at radius 1 is 1.26 bits per heavy atom. The van der Waals surface area contributed by atoms with Gasteiger partial charge in [-0.3, -0.25) is 4.79 Å². The average molecular weight is 336 g/mol. The lowest BCUT2D eigenvalue weighted by Crippen LogP contribution is -2.32. The molecule has 0 amide bonds. The summed E-state index contributed by atoms with van der Waals surface area (Å²) in [5, 5.41) is -0.709. The van der Waals surface area contributed by atoms with Crippen LogP contribution in [0.15, 0.2) is 47.4 Å². The summed E-state index contributed by atoms with van der Waals surface area (Å²) in [5.41, 5.74) is 0.616. The van der Waals surface area contributed by atoms with Gasteiger partial charge >= 0.3 is 5.97 Å². The van der Waals surface area contributed by atoms with Crippen molar-refractivity contribution in [3.05, 3.63) is 42.5 Å². The second-order valence-corrected chi connectivity index (χ2v) is 8.02. The smallest absolute Gasteiger partial charge is 0.309 e. The molecule has 0 aliphatic heterocycles. The number of esters is 1. The van der Waals surface area contributed by atoms with Crippen LogP contribution in [0.3, 0.4) is 0 Å². The first-order chi connectivity index (χ1) is 10.9. The van der Waals surface area contributed by atoms with Crippen molar-refractivity contribution in [2.45, 2.75) is 43.3 Å². The van der Waals surface area contributed by atoms with Crippen LogP contribution in [0.2, 0.25) is 0 Å². The van der Waals surface area contributed by atoms with Crippen LogP contribution in [0.4, 0.5) is 0 Å². The monoisotopic (exact) mass is 336 g/mol. The van der Waals surface area contributed by atoms with Gasteiger partial charge in [-0.1, -0.05) is 43.7 Å². The van der Waals surface area contributed by atoms with Crippen LogP contribution in [-0.2, 0) is 19.4 Å². The topological polar surface area (TPSA) is 60.4 Å². The molecule has 1 aromatic rings. The number of carbonyl (C=O) groups excluding carboxylic acids is 1. The molecule has 5 heteroatoms. The molecule has 0 saturated heterocycles. The van der Waals surface area contributed by atoms with E-state index in [2.05, 4.69) is 6.58 Å². The Morgan fingerprint density at radius 3 is 2.48 bits per heavy atom. The van der Waals surface area contributed by atoms with Gasteiger partial charge in [0.15, 0.2) is 9.84 Å². The molecule has 126 valence electrons. The van der Waals surface area contributed by atoms with Crippen LogP contribution >= 0.6 is 0 Å². The van der Waals surface area contributed by atoms with Gasteiger partial charge in [0.1, 0.15) is 0 Å². The average Bonchev–Trinajstić information content (AvgIpc) is 2.86. The van der Waals surface area contributed by atoms with E-state index < -0.39 is 21.0 Å². The predicted molar refractivity (Wildman–Crippen MR) is 89.7 cm³/mol. The Morgan fingerprint density at radius 2 is 1.91 bits per heavy atom. The zero-order chi connectivity index (χ0) is 17.0. The van der Waals surface area contributed by atoms with Gasteiger partial charge in [-0.2, -0.15) is 0 Å². The Labute approximate surface area is 138 Å². The van der Waals surface area contributed by atoms with Gasteiger partial charge in [0.25, 0.3) is 0 Å². The molecule has 0 radical (unpaired) electrons. The number of hydrogen-bond acceptors (Lipinski definition) is 4. The summed E-state index contributed by atoms with van der Waals surface area (Å²) in [4.78, 5) is 12.5. The van der Waals surface area contributed by atoms with Crippen LogP contribution in [0.25, 0.3) is 0 Å². The third-order valence-electron chi connectivity index (χ3n) is 4.41. The molecule has 0 bridgehead atoms. The van der Waals surface area contributed by atoms with Gasteiger partial charge in [-0.15, -0.1) is 0 Å². The molecule has 4 nitrogen and oxygen atoms in total. The number of hydrogen-bond donors (Lipinski definition) is 0. The number of ether oxygens (including phenoxy) is 1. The van der Waals surface area contributed by atoms with Gasteiger partial charge in [0.2, 0.25) is 0 Å². The van der Waals surface area contributed by atoms with E-state index >= 15 is 0 Å². The molecule has 1 aliphatic rings. The maximum atomic E-state index is 13.0. The number of rotatable bonds is 6. The van der Waals surface area contributed by atoms with Crippen LogP contribution in [-0.4, -0.2) is 26.2 Å². The molecule has 1 saturated carbocycles. The van der Waals surface area contributed by atoms with Crippen LogP contribution in [0.1, 0.15) is 33.1 Å². The van der Waals surface area contributed by atoms with Crippen molar-refractivity contribution in [2.75, 3.05) is 6.61 Å². The fourth-order valence-corrected chi connectivity index (χ4v) is 5.61. The summed E-state index contributed by atoms with van der Waals surface area (Å²) < 4.78 is 31.2. The fourth-order valence-electron chi connectivity index (χ4n) is 3.46. The van der Waals surface area contributed by atoms with Crippen molar-refractivity contribution in [3.63, 3.8) is 0 Å². The standard InChI is InChI=1S/C18H24O4S/c1-4-9-15-16(18(19)22-5-2)12-13(3)17(15)23(20,21)14-10-7-6-8-11-14/h6-8,10-11,15-17H,3-5,9,12H2,1-2H3/t15-,16+,17-/m0/s1. The lowest BCUT2D eigenvalue weighted by molar-refractivity contribution is -0.149. The molecule has 1 aliphatic carbocycles. The van der Waals surface area contributed by atoms with Gasteiger partial charge in [-0.25, -0.2) is 8.42 Å². The normalized spacial score (nSPS) is 24.6. The third kappa shape index (κ3) is 3.50. The van der Waals surface area contributed by atoms with Gasteiger partial charge < -0.3 is 4.74 Å². The van der Waals surface area contributed by atoms with E-state index in [0.29, 0.717) is 25.0 Å². The molecule has 0 unspecified atom stereocenters. The minimum Gasteiger partial charge on any atom is -0.466 e. The third-order valence-corrected chi connectivity index (χ3v) is 6.69. The van der Waals surface area contributed by atoms with E-state index in [1.807, 2.05) is 6.92 Å². The highest BCUT2D eigenvalue weighted by molar-refractivity contribution is 7.92. The minimum atomic E-state index is -3.55. The number of benzene rings is 1. The zero-order valence-electron chi connectivity index (χ0n) is 13.7. The molecule has 1 aromatic carbocycles. The number of sulfone groups is 1. The molecule has 23 heavy (non-hydrogen) atoms. The molecule has 0 heterocycles. The van der Waals surface area contributed by atoms with E-state index in [1.54, 1.807) is 37.3 Å². The highest BCUT2D eigenvalue weighted by Crippen LogP contribution is 2.44. The lowest BCUT2D eigenvalue weighted by atomic mass is 9.92. The van der Waals surface area contributed by atoms with Gasteiger partial charge in [-0.05, 0) is 37.8 Å². The maximum Gasteiger partial charge on any atom is 0.309 e. The second-order valence-electron chi connectivity index (χ2n) is 5.95. The van der Waals surface area contributed by atoms with E-state index in [1.165, 1.54) is 0 Å². The molecule has 0 aromatic heterocycles. The van der Waals surface area contributed by atoms with Gasteiger partial charge in [0.05, 0.1) is 22.7 Å². The fraction of sp³-hybridized carbons (Fsp3) is 0.500. The summed E-state index contributed by atoms with van der Waals surface area (Å²) in [6.45, 7) is 8.02. The Bertz CT molecular complexity index is 664. The molecule has 0 spiro atoms. The van der Waals surface area contributed by atoms with Crippen molar-refractivity contribution in [3.8, 4) is 0 Å². The van der Waals surface area contributed by atoms with Crippen molar-refractivity contribution in [1.82, 2.24) is 0 Å². The maximum absolute atomic E-state index is 13.0. The first-order valence-electron chi connectivity index (χ1n) is 8.06. The molecular formula is C18H24O4S. The van der Waals surface area contributed by atoms with Crippen molar-refractivity contribution >= 4 is 15.8 Å². The van der Waals surface area contributed by atoms with E-state index in [9.17, 15) is 13.2 Å². The van der Waals surface area contributed by atoms with E-state index in [-0.39, 0.29) is 16.8 Å². The Hall–Kier alpha value is -1.62. The molecular weight excluding hydrogens is 312 g/mol. The van der Waals surface area contributed by atoms with Crippen LogP contribution in [0, 0.1) is 11.8 Å². The second kappa shape index (κ2) is 7.30. The van der Waals surface area contributed by atoms with Crippen molar-refractivity contribution < 1.29 is 17.9 Å². The largest absolute Gasteiger partial charge is 0.466 e. The molecule has 1 fully saturated rings. The Balaban J connectivity index is 2.40. The summed E-state index contributed by atoms with van der Waals surface area (Å²) in [6.07, 6.45) is 1.87. The Kier molecular flexibility index (Phi) is 5.63. The number of carbonyl (C=O) groups is 1. The first kappa shape index (κ1) is 17.7. The van der Waals surface area contributed by atoms with E-state index in [0.717, 1.165) is 6.42 Å². The molecule has 0 N–H and O–H groups in total. The minimum absolute atomic E-state index is 0.267.